The van der Waals surface area contributed by atoms with Gasteiger partial charge in [-0.2, -0.15) is 4.98 Å². The predicted molar refractivity (Wildman–Crippen MR) is 77.1 cm³/mol. The van der Waals surface area contributed by atoms with Crippen molar-refractivity contribution in [1.82, 2.24) is 10.1 Å². The molecule has 21 heavy (non-hydrogen) atoms. The molecule has 0 saturated carbocycles. The molecule has 1 saturated heterocycles. The van der Waals surface area contributed by atoms with E-state index >= 15 is 0 Å². The molecule has 4 rings (SSSR count). The van der Waals surface area contributed by atoms with E-state index in [4.69, 9.17) is 9.26 Å². The highest BCUT2D eigenvalue weighted by Gasteiger charge is 2.24. The minimum Gasteiger partial charge on any atom is -0.507 e. The Kier molecular flexibility index (Phi) is 2.86. The van der Waals surface area contributed by atoms with Gasteiger partial charge in [-0.25, -0.2) is 0 Å². The van der Waals surface area contributed by atoms with E-state index in [-0.39, 0.29) is 11.7 Å². The first-order valence-electron chi connectivity index (χ1n) is 6.95. The number of hydrogen-bond donors (Lipinski definition) is 1. The van der Waals surface area contributed by atoms with Crippen molar-refractivity contribution < 1.29 is 14.4 Å². The molecule has 1 unspecified atom stereocenters. The largest absolute Gasteiger partial charge is 0.507 e. The van der Waals surface area contributed by atoms with Gasteiger partial charge in [-0.15, -0.1) is 0 Å². The molecular formula is C16H14N2O3. The molecule has 5 heteroatoms. The predicted octanol–water partition coefficient (Wildman–Crippen LogP) is 3.10. The number of phenolic OH excluding ortho intramolecular Hbond substituents is 1. The van der Waals surface area contributed by atoms with Crippen molar-refractivity contribution in [2.75, 3.05) is 13.2 Å². The lowest BCUT2D eigenvalue weighted by atomic mass is 10.0. The Balaban J connectivity index is 1.84. The summed E-state index contributed by atoms with van der Waals surface area (Å²) in [4.78, 5) is 4.46. The van der Waals surface area contributed by atoms with Gasteiger partial charge in [0.15, 0.2) is 5.82 Å². The lowest BCUT2D eigenvalue weighted by molar-refractivity contribution is 0.192. The summed E-state index contributed by atoms with van der Waals surface area (Å²) in [7, 11) is 0. The second kappa shape index (κ2) is 4.86. The van der Waals surface area contributed by atoms with Gasteiger partial charge in [0.1, 0.15) is 5.75 Å². The zero-order valence-corrected chi connectivity index (χ0v) is 11.3. The summed E-state index contributed by atoms with van der Waals surface area (Å²) in [6, 6.07) is 11.3. The first-order valence-corrected chi connectivity index (χ1v) is 6.95. The van der Waals surface area contributed by atoms with Crippen LogP contribution in [0.3, 0.4) is 0 Å². The number of nitrogens with zero attached hydrogens (tertiary/aromatic N) is 2. The van der Waals surface area contributed by atoms with Crippen molar-refractivity contribution in [3.63, 3.8) is 0 Å². The summed E-state index contributed by atoms with van der Waals surface area (Å²) in [5.41, 5.74) is 0.589. The van der Waals surface area contributed by atoms with Gasteiger partial charge in [-0.1, -0.05) is 35.5 Å². The van der Waals surface area contributed by atoms with E-state index in [2.05, 4.69) is 10.1 Å². The molecule has 1 atom stereocenters. The molecule has 1 aliphatic heterocycles. The molecule has 0 radical (unpaired) electrons. The smallest absolute Gasteiger partial charge is 0.262 e. The maximum atomic E-state index is 10.2. The Morgan fingerprint density at radius 2 is 2.05 bits per heavy atom. The monoisotopic (exact) mass is 282 g/mol. The maximum Gasteiger partial charge on any atom is 0.262 e. The van der Waals surface area contributed by atoms with Gasteiger partial charge in [0, 0.05) is 12.5 Å². The number of ether oxygens (including phenoxy) is 1. The van der Waals surface area contributed by atoms with Crippen LogP contribution < -0.4 is 0 Å². The number of phenols is 1. The fourth-order valence-electron chi connectivity index (χ4n) is 2.73. The molecule has 1 aromatic heterocycles. The third kappa shape index (κ3) is 2.06. The molecule has 1 aliphatic rings. The van der Waals surface area contributed by atoms with Crippen LogP contribution in [-0.4, -0.2) is 28.5 Å². The molecule has 0 aliphatic carbocycles. The molecule has 2 heterocycles. The van der Waals surface area contributed by atoms with E-state index in [0.717, 1.165) is 23.8 Å². The van der Waals surface area contributed by atoms with E-state index < -0.39 is 0 Å². The Morgan fingerprint density at radius 3 is 2.90 bits per heavy atom. The van der Waals surface area contributed by atoms with Crippen LogP contribution in [0.15, 0.2) is 40.9 Å². The van der Waals surface area contributed by atoms with Gasteiger partial charge in [-0.05, 0) is 23.3 Å². The van der Waals surface area contributed by atoms with Crippen LogP contribution in [-0.2, 0) is 4.74 Å². The average Bonchev–Trinajstić information content (AvgIpc) is 3.18. The van der Waals surface area contributed by atoms with Crippen LogP contribution in [0.1, 0.15) is 18.2 Å². The molecule has 1 fully saturated rings. The molecule has 5 nitrogen and oxygen atoms in total. The van der Waals surface area contributed by atoms with Crippen molar-refractivity contribution in [3.05, 3.63) is 42.2 Å². The van der Waals surface area contributed by atoms with Crippen LogP contribution >= 0.6 is 0 Å². The highest BCUT2D eigenvalue weighted by molar-refractivity contribution is 5.97. The quantitative estimate of drug-likeness (QED) is 0.782. The Morgan fingerprint density at radius 1 is 1.14 bits per heavy atom. The first kappa shape index (κ1) is 12.3. The van der Waals surface area contributed by atoms with Gasteiger partial charge < -0.3 is 14.4 Å². The minimum atomic E-state index is 0.145. The molecular weight excluding hydrogens is 268 g/mol. The Hall–Kier alpha value is -2.40. The van der Waals surface area contributed by atoms with Gasteiger partial charge in [0.2, 0.25) is 0 Å². The molecule has 3 aromatic rings. The van der Waals surface area contributed by atoms with Crippen molar-refractivity contribution in [3.8, 4) is 17.2 Å². The second-order valence-corrected chi connectivity index (χ2v) is 5.20. The van der Waals surface area contributed by atoms with E-state index in [1.54, 1.807) is 6.07 Å². The zero-order chi connectivity index (χ0) is 14.2. The van der Waals surface area contributed by atoms with E-state index in [0.29, 0.717) is 23.9 Å². The summed E-state index contributed by atoms with van der Waals surface area (Å²) >= 11 is 0. The highest BCUT2D eigenvalue weighted by Crippen LogP contribution is 2.36. The molecule has 0 bridgehead atoms. The van der Waals surface area contributed by atoms with Crippen LogP contribution in [0.25, 0.3) is 22.2 Å². The van der Waals surface area contributed by atoms with Crippen LogP contribution in [0, 0.1) is 0 Å². The number of aromatic hydroxyl groups is 1. The van der Waals surface area contributed by atoms with E-state index in [1.165, 1.54) is 0 Å². The summed E-state index contributed by atoms with van der Waals surface area (Å²) in [6.07, 6.45) is 0.903. The Labute approximate surface area is 121 Å². The fraction of sp³-hybridized carbons (Fsp3) is 0.250. The second-order valence-electron chi connectivity index (χ2n) is 5.20. The van der Waals surface area contributed by atoms with E-state index in [1.807, 2.05) is 30.3 Å². The third-order valence-electron chi connectivity index (χ3n) is 3.86. The SMILES string of the molecule is Oc1ccc2ccccc2c1-c1nc(C2CCOC2)no1. The number of benzene rings is 2. The number of aromatic nitrogens is 2. The van der Waals surface area contributed by atoms with Crippen molar-refractivity contribution in [2.45, 2.75) is 12.3 Å². The van der Waals surface area contributed by atoms with Crippen molar-refractivity contribution in [2.24, 2.45) is 0 Å². The van der Waals surface area contributed by atoms with Crippen molar-refractivity contribution in [1.29, 1.82) is 0 Å². The lowest BCUT2D eigenvalue weighted by Gasteiger charge is -2.04. The van der Waals surface area contributed by atoms with Crippen LogP contribution in [0.2, 0.25) is 0 Å². The van der Waals surface area contributed by atoms with Crippen LogP contribution in [0.4, 0.5) is 0 Å². The maximum absolute atomic E-state index is 10.2. The van der Waals surface area contributed by atoms with Gasteiger partial charge in [0.25, 0.3) is 5.89 Å². The van der Waals surface area contributed by atoms with Gasteiger partial charge in [0.05, 0.1) is 12.2 Å². The Bertz CT molecular complexity index is 791. The lowest BCUT2D eigenvalue weighted by Crippen LogP contribution is -1.99. The summed E-state index contributed by atoms with van der Waals surface area (Å²) in [5.74, 6) is 1.33. The van der Waals surface area contributed by atoms with Crippen molar-refractivity contribution >= 4 is 10.8 Å². The fourth-order valence-corrected chi connectivity index (χ4v) is 2.73. The zero-order valence-electron chi connectivity index (χ0n) is 11.3. The average molecular weight is 282 g/mol. The first-order chi connectivity index (χ1) is 10.3. The number of hydrogen-bond acceptors (Lipinski definition) is 5. The molecule has 1 N–H and O–H groups in total. The highest BCUT2D eigenvalue weighted by atomic mass is 16.5. The summed E-state index contributed by atoms with van der Waals surface area (Å²) in [5, 5.41) is 16.2. The standard InChI is InChI=1S/C16H14N2O3/c19-13-6-5-10-3-1-2-4-12(10)14(13)16-17-15(18-21-16)11-7-8-20-9-11/h1-6,11,19H,7-9H2. The summed E-state index contributed by atoms with van der Waals surface area (Å²) in [6.45, 7) is 1.36. The van der Waals surface area contributed by atoms with Gasteiger partial charge >= 0.3 is 0 Å². The molecule has 0 amide bonds. The van der Waals surface area contributed by atoms with E-state index in [9.17, 15) is 5.11 Å². The minimum absolute atomic E-state index is 0.145. The number of rotatable bonds is 2. The number of fused-ring (bicyclic) bond motifs is 1. The van der Waals surface area contributed by atoms with Gasteiger partial charge in [-0.3, -0.25) is 0 Å². The van der Waals surface area contributed by atoms with Crippen LogP contribution in [0.5, 0.6) is 5.75 Å². The molecule has 2 aromatic carbocycles. The summed E-state index contributed by atoms with van der Waals surface area (Å²) < 4.78 is 10.7. The molecule has 0 spiro atoms. The third-order valence-corrected chi connectivity index (χ3v) is 3.86. The topological polar surface area (TPSA) is 68.4 Å². The molecule has 106 valence electrons. The normalized spacial score (nSPS) is 18.4.